The van der Waals surface area contributed by atoms with Gasteiger partial charge < -0.3 is 5.73 Å². The van der Waals surface area contributed by atoms with Gasteiger partial charge >= 0.3 is 0 Å². The van der Waals surface area contributed by atoms with E-state index in [0.29, 0.717) is 13.0 Å². The van der Waals surface area contributed by atoms with Gasteiger partial charge in [0.1, 0.15) is 0 Å². The monoisotopic (exact) mass is 254 g/mol. The Bertz CT molecular complexity index is 606. The summed E-state index contributed by atoms with van der Waals surface area (Å²) in [6, 6.07) is 7.78. The van der Waals surface area contributed by atoms with Gasteiger partial charge in [-0.2, -0.15) is 0 Å². The fourth-order valence-corrected chi connectivity index (χ4v) is 2.92. The van der Waals surface area contributed by atoms with Crippen LogP contribution in [0.5, 0.6) is 0 Å². The number of pyridine rings is 1. The average Bonchev–Trinajstić information content (AvgIpc) is 2.42. The number of carbonyl (C=O) groups is 1. The number of benzene rings is 1. The van der Waals surface area contributed by atoms with Gasteiger partial charge in [0.05, 0.1) is 0 Å². The molecule has 2 N–H and O–H groups in total. The zero-order valence-corrected chi connectivity index (χ0v) is 10.9. The van der Waals surface area contributed by atoms with Crippen molar-refractivity contribution in [2.75, 3.05) is 6.54 Å². The Morgan fingerprint density at radius 2 is 2.16 bits per heavy atom. The lowest BCUT2D eigenvalue weighted by Gasteiger charge is -2.40. The van der Waals surface area contributed by atoms with E-state index in [4.69, 9.17) is 5.73 Å². The quantitative estimate of drug-likeness (QED) is 0.853. The largest absolute Gasteiger partial charge is 0.330 e. The molecule has 0 radical (unpaired) electrons. The summed E-state index contributed by atoms with van der Waals surface area (Å²) in [5.41, 5.74) is 6.68. The molecule has 1 saturated carbocycles. The van der Waals surface area contributed by atoms with Crippen molar-refractivity contribution in [2.24, 2.45) is 11.1 Å². The van der Waals surface area contributed by atoms with Crippen molar-refractivity contribution in [3.8, 4) is 0 Å². The molecule has 0 saturated heterocycles. The van der Waals surface area contributed by atoms with Crippen LogP contribution in [0.4, 0.5) is 0 Å². The molecule has 1 aliphatic rings. The molecule has 1 aliphatic carbocycles. The third-order valence-electron chi connectivity index (χ3n) is 4.37. The predicted molar refractivity (Wildman–Crippen MR) is 76.0 cm³/mol. The minimum absolute atomic E-state index is 0.0570. The lowest BCUT2D eigenvalue weighted by atomic mass is 9.65. The molecule has 3 heteroatoms. The lowest BCUT2D eigenvalue weighted by Crippen LogP contribution is -2.39. The first-order valence-electron chi connectivity index (χ1n) is 6.80. The Morgan fingerprint density at radius 1 is 1.32 bits per heavy atom. The van der Waals surface area contributed by atoms with Gasteiger partial charge in [0.25, 0.3) is 0 Å². The SMILES string of the molecule is NCC1(CC(=O)c2cccc3ccncc23)CCC1. The van der Waals surface area contributed by atoms with Crippen LogP contribution in [0.1, 0.15) is 36.0 Å². The second kappa shape index (κ2) is 4.74. The summed E-state index contributed by atoms with van der Waals surface area (Å²) >= 11 is 0. The van der Waals surface area contributed by atoms with E-state index in [9.17, 15) is 4.79 Å². The molecule has 1 heterocycles. The summed E-state index contributed by atoms with van der Waals surface area (Å²) in [6.07, 6.45) is 7.46. The van der Waals surface area contributed by atoms with Crippen LogP contribution >= 0.6 is 0 Å². The molecule has 0 bridgehead atoms. The maximum absolute atomic E-state index is 12.5. The van der Waals surface area contributed by atoms with E-state index in [1.54, 1.807) is 12.4 Å². The standard InChI is InChI=1S/C16H18N2O/c17-11-16(6-2-7-16)9-15(19)13-4-1-3-12-5-8-18-10-14(12)13/h1,3-5,8,10H,2,6-7,9,11,17H2. The van der Waals surface area contributed by atoms with Gasteiger partial charge in [-0.1, -0.05) is 24.6 Å². The van der Waals surface area contributed by atoms with Gasteiger partial charge in [0.15, 0.2) is 5.78 Å². The second-order valence-electron chi connectivity index (χ2n) is 5.56. The first kappa shape index (κ1) is 12.3. The number of nitrogens with two attached hydrogens (primary N) is 1. The number of carbonyl (C=O) groups excluding carboxylic acids is 1. The summed E-state index contributed by atoms with van der Waals surface area (Å²) in [5, 5.41) is 2.01. The fraction of sp³-hybridized carbons (Fsp3) is 0.375. The molecule has 0 unspecified atom stereocenters. The van der Waals surface area contributed by atoms with Gasteiger partial charge in [-0.25, -0.2) is 0 Å². The Labute approximate surface area is 112 Å². The first-order chi connectivity index (χ1) is 9.24. The summed E-state index contributed by atoms with van der Waals surface area (Å²) < 4.78 is 0. The van der Waals surface area contributed by atoms with Crippen molar-refractivity contribution < 1.29 is 4.79 Å². The highest BCUT2D eigenvalue weighted by Crippen LogP contribution is 2.43. The van der Waals surface area contributed by atoms with Gasteiger partial charge in [-0.05, 0) is 36.3 Å². The van der Waals surface area contributed by atoms with Crippen LogP contribution in [0.2, 0.25) is 0 Å². The van der Waals surface area contributed by atoms with Crippen LogP contribution < -0.4 is 5.73 Å². The number of hydrogen-bond acceptors (Lipinski definition) is 3. The molecule has 98 valence electrons. The van der Waals surface area contributed by atoms with Gasteiger partial charge in [-0.15, -0.1) is 0 Å². The molecule has 3 rings (SSSR count). The summed E-state index contributed by atoms with van der Waals surface area (Å²) in [5.74, 6) is 0.198. The minimum Gasteiger partial charge on any atom is -0.330 e. The number of nitrogens with zero attached hydrogens (tertiary/aromatic N) is 1. The van der Waals surface area contributed by atoms with Crippen molar-refractivity contribution in [3.05, 3.63) is 42.2 Å². The van der Waals surface area contributed by atoms with Crippen molar-refractivity contribution >= 4 is 16.6 Å². The highest BCUT2D eigenvalue weighted by Gasteiger charge is 2.37. The van der Waals surface area contributed by atoms with Crippen molar-refractivity contribution in [2.45, 2.75) is 25.7 Å². The molecule has 0 spiro atoms. The predicted octanol–water partition coefficient (Wildman–Crippen LogP) is 2.94. The van der Waals surface area contributed by atoms with E-state index in [2.05, 4.69) is 4.98 Å². The Hall–Kier alpha value is -1.74. The third kappa shape index (κ3) is 2.15. The highest BCUT2D eigenvalue weighted by atomic mass is 16.1. The van der Waals surface area contributed by atoms with E-state index in [0.717, 1.165) is 29.2 Å². The summed E-state index contributed by atoms with van der Waals surface area (Å²) in [4.78, 5) is 16.7. The number of rotatable bonds is 4. The molecular weight excluding hydrogens is 236 g/mol. The smallest absolute Gasteiger partial charge is 0.164 e. The molecule has 1 aromatic carbocycles. The van der Waals surface area contributed by atoms with Crippen LogP contribution in [0, 0.1) is 5.41 Å². The van der Waals surface area contributed by atoms with Crippen LogP contribution in [-0.4, -0.2) is 17.3 Å². The maximum atomic E-state index is 12.5. The zero-order valence-electron chi connectivity index (χ0n) is 10.9. The lowest BCUT2D eigenvalue weighted by molar-refractivity contribution is 0.0787. The minimum atomic E-state index is 0.0570. The molecule has 1 aromatic heterocycles. The van der Waals surface area contributed by atoms with Crippen molar-refractivity contribution in [1.29, 1.82) is 0 Å². The molecule has 2 aromatic rings. The van der Waals surface area contributed by atoms with E-state index in [1.165, 1.54) is 6.42 Å². The normalized spacial score (nSPS) is 17.1. The molecule has 0 atom stereocenters. The highest BCUT2D eigenvalue weighted by molar-refractivity contribution is 6.08. The zero-order chi connectivity index (χ0) is 13.3. The molecule has 0 amide bonds. The van der Waals surface area contributed by atoms with E-state index in [-0.39, 0.29) is 11.2 Å². The number of hydrogen-bond donors (Lipinski definition) is 1. The van der Waals surface area contributed by atoms with Crippen LogP contribution in [-0.2, 0) is 0 Å². The molecular formula is C16H18N2O. The summed E-state index contributed by atoms with van der Waals surface area (Å²) in [6.45, 7) is 0.613. The van der Waals surface area contributed by atoms with Crippen LogP contribution in [0.3, 0.4) is 0 Å². The first-order valence-corrected chi connectivity index (χ1v) is 6.80. The Kier molecular flexibility index (Phi) is 3.07. The van der Waals surface area contributed by atoms with Crippen molar-refractivity contribution in [3.63, 3.8) is 0 Å². The van der Waals surface area contributed by atoms with E-state index in [1.807, 2.05) is 24.3 Å². The topological polar surface area (TPSA) is 56.0 Å². The van der Waals surface area contributed by atoms with E-state index < -0.39 is 0 Å². The molecule has 1 fully saturated rings. The van der Waals surface area contributed by atoms with Crippen LogP contribution in [0.15, 0.2) is 36.7 Å². The van der Waals surface area contributed by atoms with E-state index >= 15 is 0 Å². The second-order valence-corrected chi connectivity index (χ2v) is 5.56. The summed E-state index contributed by atoms with van der Waals surface area (Å²) in [7, 11) is 0. The van der Waals surface area contributed by atoms with Gasteiger partial charge in [0, 0.05) is 29.8 Å². The van der Waals surface area contributed by atoms with Crippen molar-refractivity contribution in [1.82, 2.24) is 4.98 Å². The third-order valence-corrected chi connectivity index (χ3v) is 4.37. The Balaban J connectivity index is 1.93. The number of ketones is 1. The average molecular weight is 254 g/mol. The van der Waals surface area contributed by atoms with Crippen LogP contribution in [0.25, 0.3) is 10.8 Å². The fourth-order valence-electron chi connectivity index (χ4n) is 2.92. The maximum Gasteiger partial charge on any atom is 0.164 e. The molecule has 3 nitrogen and oxygen atoms in total. The number of aromatic nitrogens is 1. The molecule has 0 aliphatic heterocycles. The van der Waals surface area contributed by atoms with Gasteiger partial charge in [-0.3, -0.25) is 9.78 Å². The number of Topliss-reactive ketones (excluding diaryl/α,β-unsaturated/α-hetero) is 1. The Morgan fingerprint density at radius 3 is 2.84 bits per heavy atom. The number of fused-ring (bicyclic) bond motifs is 1. The van der Waals surface area contributed by atoms with Gasteiger partial charge in [0.2, 0.25) is 0 Å². The molecule has 19 heavy (non-hydrogen) atoms.